The van der Waals surface area contributed by atoms with Gasteiger partial charge in [0.2, 0.25) is 0 Å². The number of hydrogen-bond donors (Lipinski definition) is 1. The fourth-order valence-corrected chi connectivity index (χ4v) is 1.44. The summed E-state index contributed by atoms with van der Waals surface area (Å²) in [5, 5.41) is 3.19. The van der Waals surface area contributed by atoms with Gasteiger partial charge < -0.3 is 10.1 Å². The average molecular weight is 235 g/mol. The molecule has 0 saturated carbocycles. The summed E-state index contributed by atoms with van der Waals surface area (Å²) in [5.74, 6) is -0.257. The van der Waals surface area contributed by atoms with Crippen molar-refractivity contribution >= 4 is 17.9 Å². The van der Waals surface area contributed by atoms with E-state index in [-0.39, 0.29) is 12.1 Å². The predicted molar refractivity (Wildman–Crippen MR) is 66.2 cm³/mol. The zero-order chi connectivity index (χ0) is 12.7. The first-order valence-corrected chi connectivity index (χ1v) is 5.58. The number of carbonyl (C=O) groups is 2. The van der Waals surface area contributed by atoms with Gasteiger partial charge in [0, 0.05) is 31.1 Å². The Bertz CT molecular complexity index is 373. The second-order valence-electron chi connectivity index (χ2n) is 3.88. The lowest BCUT2D eigenvalue weighted by molar-refractivity contribution is -0.145. The smallest absolute Gasteiger partial charge is 0.302 e. The van der Waals surface area contributed by atoms with E-state index >= 15 is 0 Å². The normalized spacial score (nSPS) is 11.6. The molecule has 1 rings (SSSR count). The van der Waals surface area contributed by atoms with Crippen molar-refractivity contribution in [2.45, 2.75) is 26.4 Å². The molecule has 4 heteroatoms. The fraction of sp³-hybridized carbons (Fsp3) is 0.385. The Labute approximate surface area is 101 Å². The molecular weight excluding hydrogens is 218 g/mol. The Kier molecular flexibility index (Phi) is 5.20. The Balaban J connectivity index is 2.30. The number of carbonyl (C=O) groups excluding carboxylic acids is 2. The zero-order valence-corrected chi connectivity index (χ0v) is 10.1. The standard InChI is InChI=1S/C13H17NO3/c1-10(17-11(2)16)7-8-14-13-5-3-12(9-15)4-6-13/h3-6,9-10,14H,7-8H2,1-2H3. The highest BCUT2D eigenvalue weighted by molar-refractivity contribution is 5.75. The van der Waals surface area contributed by atoms with Crippen LogP contribution in [0.1, 0.15) is 30.6 Å². The summed E-state index contributed by atoms with van der Waals surface area (Å²) in [7, 11) is 0. The average Bonchev–Trinajstić information content (AvgIpc) is 2.29. The van der Waals surface area contributed by atoms with E-state index < -0.39 is 0 Å². The summed E-state index contributed by atoms with van der Waals surface area (Å²) < 4.78 is 5.00. The zero-order valence-electron chi connectivity index (χ0n) is 10.1. The monoisotopic (exact) mass is 235 g/mol. The van der Waals surface area contributed by atoms with Crippen LogP contribution in [0.4, 0.5) is 5.69 Å². The summed E-state index contributed by atoms with van der Waals surface area (Å²) in [6.07, 6.45) is 1.47. The molecule has 1 unspecified atom stereocenters. The summed E-state index contributed by atoms with van der Waals surface area (Å²) in [6, 6.07) is 7.20. The molecule has 0 spiro atoms. The van der Waals surface area contributed by atoms with Crippen LogP contribution in [-0.2, 0) is 9.53 Å². The molecule has 0 heterocycles. The van der Waals surface area contributed by atoms with Gasteiger partial charge in [0.1, 0.15) is 12.4 Å². The van der Waals surface area contributed by atoms with Crippen LogP contribution in [0.25, 0.3) is 0 Å². The molecule has 1 atom stereocenters. The van der Waals surface area contributed by atoms with E-state index in [1.54, 1.807) is 12.1 Å². The maximum Gasteiger partial charge on any atom is 0.302 e. The van der Waals surface area contributed by atoms with Gasteiger partial charge in [0.05, 0.1) is 0 Å². The highest BCUT2D eigenvalue weighted by Gasteiger charge is 2.04. The molecule has 0 aliphatic carbocycles. The molecule has 0 radical (unpaired) electrons. The molecule has 0 fully saturated rings. The molecule has 1 N–H and O–H groups in total. The van der Waals surface area contributed by atoms with Crippen molar-refractivity contribution in [1.82, 2.24) is 0 Å². The van der Waals surface area contributed by atoms with Gasteiger partial charge in [-0.1, -0.05) is 0 Å². The van der Waals surface area contributed by atoms with Crippen molar-refractivity contribution in [2.24, 2.45) is 0 Å². The number of anilines is 1. The first-order valence-electron chi connectivity index (χ1n) is 5.58. The van der Waals surface area contributed by atoms with Crippen LogP contribution in [0.5, 0.6) is 0 Å². The van der Waals surface area contributed by atoms with E-state index in [1.165, 1.54) is 6.92 Å². The number of nitrogens with one attached hydrogen (secondary N) is 1. The molecule has 17 heavy (non-hydrogen) atoms. The largest absolute Gasteiger partial charge is 0.463 e. The lowest BCUT2D eigenvalue weighted by Crippen LogP contribution is -2.16. The Hall–Kier alpha value is -1.84. The van der Waals surface area contributed by atoms with E-state index in [4.69, 9.17) is 4.74 Å². The molecule has 0 aliphatic rings. The number of ether oxygens (including phenoxy) is 1. The molecule has 1 aromatic carbocycles. The Morgan fingerprint density at radius 1 is 1.41 bits per heavy atom. The maximum absolute atomic E-state index is 10.7. The Morgan fingerprint density at radius 2 is 2.06 bits per heavy atom. The van der Waals surface area contributed by atoms with Crippen molar-refractivity contribution < 1.29 is 14.3 Å². The van der Waals surface area contributed by atoms with Gasteiger partial charge in [0.15, 0.2) is 0 Å². The number of rotatable bonds is 6. The minimum absolute atomic E-state index is 0.0887. The van der Waals surface area contributed by atoms with Gasteiger partial charge >= 0.3 is 5.97 Å². The van der Waals surface area contributed by atoms with Gasteiger partial charge in [-0.05, 0) is 31.2 Å². The summed E-state index contributed by atoms with van der Waals surface area (Å²) in [6.45, 7) is 3.98. The molecule has 0 aromatic heterocycles. The number of aldehydes is 1. The van der Waals surface area contributed by atoms with Crippen molar-refractivity contribution in [1.29, 1.82) is 0 Å². The minimum atomic E-state index is -0.257. The predicted octanol–water partition coefficient (Wildman–Crippen LogP) is 2.25. The van der Waals surface area contributed by atoms with Gasteiger partial charge in [-0.15, -0.1) is 0 Å². The van der Waals surface area contributed by atoms with Gasteiger partial charge in [-0.3, -0.25) is 9.59 Å². The van der Waals surface area contributed by atoms with Gasteiger partial charge in [-0.25, -0.2) is 0 Å². The third-order valence-corrected chi connectivity index (χ3v) is 2.29. The number of hydrogen-bond acceptors (Lipinski definition) is 4. The molecule has 4 nitrogen and oxygen atoms in total. The topological polar surface area (TPSA) is 55.4 Å². The summed E-state index contributed by atoms with van der Waals surface area (Å²) in [4.78, 5) is 21.1. The van der Waals surface area contributed by atoms with Crippen molar-refractivity contribution in [3.8, 4) is 0 Å². The van der Waals surface area contributed by atoms with Crippen LogP contribution in [0, 0.1) is 0 Å². The first-order chi connectivity index (χ1) is 8.11. The van der Waals surface area contributed by atoms with Crippen LogP contribution in [-0.4, -0.2) is 24.9 Å². The van der Waals surface area contributed by atoms with Gasteiger partial charge in [-0.2, -0.15) is 0 Å². The lowest BCUT2D eigenvalue weighted by Gasteiger charge is -2.12. The number of esters is 1. The van der Waals surface area contributed by atoms with Crippen molar-refractivity contribution in [3.63, 3.8) is 0 Å². The van der Waals surface area contributed by atoms with Crippen LogP contribution in [0.2, 0.25) is 0 Å². The molecule has 92 valence electrons. The summed E-state index contributed by atoms with van der Waals surface area (Å²) >= 11 is 0. The maximum atomic E-state index is 10.7. The molecule has 1 aromatic rings. The Morgan fingerprint density at radius 3 is 2.59 bits per heavy atom. The second-order valence-corrected chi connectivity index (χ2v) is 3.88. The van der Waals surface area contributed by atoms with Crippen LogP contribution >= 0.6 is 0 Å². The second kappa shape index (κ2) is 6.68. The highest BCUT2D eigenvalue weighted by Crippen LogP contribution is 2.08. The van der Waals surface area contributed by atoms with Crippen LogP contribution in [0.3, 0.4) is 0 Å². The molecule has 0 bridgehead atoms. The molecular formula is C13H17NO3. The molecule has 0 saturated heterocycles. The van der Waals surface area contributed by atoms with E-state index in [1.807, 2.05) is 19.1 Å². The molecule has 0 aliphatic heterocycles. The summed E-state index contributed by atoms with van der Waals surface area (Å²) in [5.41, 5.74) is 1.61. The minimum Gasteiger partial charge on any atom is -0.463 e. The first kappa shape index (κ1) is 13.2. The number of benzene rings is 1. The quantitative estimate of drug-likeness (QED) is 0.607. The van der Waals surface area contributed by atoms with E-state index in [0.29, 0.717) is 5.56 Å². The fourth-order valence-electron chi connectivity index (χ4n) is 1.44. The third kappa shape index (κ3) is 5.15. The molecule has 0 amide bonds. The van der Waals surface area contributed by atoms with E-state index in [2.05, 4.69) is 5.32 Å². The van der Waals surface area contributed by atoms with Gasteiger partial charge in [0.25, 0.3) is 0 Å². The van der Waals surface area contributed by atoms with Crippen molar-refractivity contribution in [2.75, 3.05) is 11.9 Å². The highest BCUT2D eigenvalue weighted by atomic mass is 16.5. The van der Waals surface area contributed by atoms with E-state index in [0.717, 1.165) is 24.9 Å². The SMILES string of the molecule is CC(=O)OC(C)CCNc1ccc(C=O)cc1. The lowest BCUT2D eigenvalue weighted by atomic mass is 10.2. The third-order valence-electron chi connectivity index (χ3n) is 2.29. The van der Waals surface area contributed by atoms with Crippen molar-refractivity contribution in [3.05, 3.63) is 29.8 Å². The van der Waals surface area contributed by atoms with E-state index in [9.17, 15) is 9.59 Å². The van der Waals surface area contributed by atoms with Crippen LogP contribution < -0.4 is 5.32 Å². The van der Waals surface area contributed by atoms with Crippen LogP contribution in [0.15, 0.2) is 24.3 Å².